The molecule has 0 bridgehead atoms. The summed E-state index contributed by atoms with van der Waals surface area (Å²) >= 11 is 5.78. The second kappa shape index (κ2) is 9.07. The van der Waals surface area contributed by atoms with Gasteiger partial charge in [-0.15, -0.1) is 0 Å². The fraction of sp³-hybridized carbons (Fsp3) is 0.238. The Bertz CT molecular complexity index is 1290. The summed E-state index contributed by atoms with van der Waals surface area (Å²) in [7, 11) is -3.35. The molecule has 2 amide bonds. The van der Waals surface area contributed by atoms with Crippen LogP contribution in [0.2, 0.25) is 5.02 Å². The molecule has 1 atom stereocenters. The molecule has 1 heterocycles. The van der Waals surface area contributed by atoms with Gasteiger partial charge < -0.3 is 15.2 Å². The monoisotopic (exact) mass is 465 g/mol. The molecule has 0 aliphatic heterocycles. The molecule has 0 saturated carbocycles. The highest BCUT2D eigenvalue weighted by Crippen LogP contribution is 2.27. The maximum absolute atomic E-state index is 13.4. The predicted molar refractivity (Wildman–Crippen MR) is 120 cm³/mol. The Kier molecular flexibility index (Phi) is 6.66. The van der Waals surface area contributed by atoms with E-state index in [1.807, 2.05) is 0 Å². The highest BCUT2D eigenvalue weighted by atomic mass is 35.5. The summed E-state index contributed by atoms with van der Waals surface area (Å²) in [4.78, 5) is 29.2. The summed E-state index contributed by atoms with van der Waals surface area (Å²) in [6.45, 7) is 1.65. The fourth-order valence-electron chi connectivity index (χ4n) is 3.25. The van der Waals surface area contributed by atoms with Gasteiger partial charge in [0.1, 0.15) is 15.7 Å². The van der Waals surface area contributed by atoms with Crippen LogP contribution >= 0.6 is 11.6 Å². The van der Waals surface area contributed by atoms with Crippen LogP contribution in [0.4, 0.5) is 14.9 Å². The largest absolute Gasteiger partial charge is 0.328 e. The molecule has 7 nitrogen and oxygen atoms in total. The van der Waals surface area contributed by atoms with E-state index in [1.165, 1.54) is 23.2 Å². The molecule has 1 aromatic heterocycles. The van der Waals surface area contributed by atoms with Crippen molar-refractivity contribution >= 4 is 43.9 Å². The van der Waals surface area contributed by atoms with Crippen molar-refractivity contribution in [2.24, 2.45) is 0 Å². The van der Waals surface area contributed by atoms with Crippen LogP contribution in [-0.4, -0.2) is 42.9 Å². The lowest BCUT2D eigenvalue weighted by atomic mass is 10.0. The van der Waals surface area contributed by atoms with Crippen LogP contribution in [0.1, 0.15) is 18.5 Å². The number of aromatic nitrogens is 1. The van der Waals surface area contributed by atoms with Gasteiger partial charge in [-0.2, -0.15) is 0 Å². The molecular weight excluding hydrogens is 445 g/mol. The topological polar surface area (TPSA) is 99.3 Å². The number of rotatable bonds is 6. The Morgan fingerprint density at radius 3 is 2.55 bits per heavy atom. The second-order valence-corrected chi connectivity index (χ2v) is 9.84. The summed E-state index contributed by atoms with van der Waals surface area (Å²) in [6.07, 6.45) is 2.60. The van der Waals surface area contributed by atoms with E-state index in [9.17, 15) is 22.4 Å². The van der Waals surface area contributed by atoms with Crippen molar-refractivity contribution in [3.63, 3.8) is 0 Å². The van der Waals surface area contributed by atoms with Gasteiger partial charge >= 0.3 is 6.03 Å². The lowest BCUT2D eigenvalue weighted by Gasteiger charge is -2.30. The Morgan fingerprint density at radius 2 is 1.90 bits per heavy atom. The number of sulfone groups is 1. The first-order chi connectivity index (χ1) is 14.6. The van der Waals surface area contributed by atoms with Gasteiger partial charge in [0.15, 0.2) is 0 Å². The van der Waals surface area contributed by atoms with Crippen LogP contribution in [0.15, 0.2) is 53.5 Å². The third-order valence-corrected chi connectivity index (χ3v) is 6.11. The number of hydrogen-bond acceptors (Lipinski definition) is 4. The quantitative estimate of drug-likeness (QED) is 0.575. The van der Waals surface area contributed by atoms with Crippen LogP contribution in [0, 0.1) is 5.82 Å². The number of halogens is 2. The van der Waals surface area contributed by atoms with E-state index in [0.717, 1.165) is 12.3 Å². The normalized spacial score (nSPS) is 12.5. The Hall–Kier alpha value is -2.91. The van der Waals surface area contributed by atoms with Crippen LogP contribution in [-0.2, 0) is 9.84 Å². The van der Waals surface area contributed by atoms with Gasteiger partial charge in [0.05, 0.1) is 16.8 Å². The molecule has 0 aliphatic rings. The van der Waals surface area contributed by atoms with Crippen molar-refractivity contribution in [2.75, 3.05) is 23.9 Å². The number of urea groups is 1. The first-order valence-electron chi connectivity index (χ1n) is 9.37. The Morgan fingerprint density at radius 1 is 1.23 bits per heavy atom. The summed E-state index contributed by atoms with van der Waals surface area (Å²) in [6, 6.07) is 9.52. The lowest BCUT2D eigenvalue weighted by molar-refractivity contribution is 0.197. The summed E-state index contributed by atoms with van der Waals surface area (Å²) in [5, 5.41) is 3.59. The molecule has 31 heavy (non-hydrogen) atoms. The zero-order valence-corrected chi connectivity index (χ0v) is 18.4. The number of nitrogens with zero attached hydrogens (tertiary/aromatic N) is 1. The smallest absolute Gasteiger partial charge is 0.322 e. The molecule has 0 radical (unpaired) electrons. The zero-order chi connectivity index (χ0) is 22.8. The van der Waals surface area contributed by atoms with Crippen LogP contribution in [0.25, 0.3) is 10.8 Å². The summed E-state index contributed by atoms with van der Waals surface area (Å²) in [5.74, 6) is -0.877. The fourth-order valence-corrected chi connectivity index (χ4v) is 3.96. The van der Waals surface area contributed by atoms with Crippen molar-refractivity contribution in [1.29, 1.82) is 0 Å². The van der Waals surface area contributed by atoms with Crippen LogP contribution in [0.5, 0.6) is 0 Å². The summed E-state index contributed by atoms with van der Waals surface area (Å²) in [5.41, 5.74) is 0.648. The predicted octanol–water partition coefficient (Wildman–Crippen LogP) is 3.96. The van der Waals surface area contributed by atoms with Gasteiger partial charge in [-0.25, -0.2) is 17.6 Å². The molecule has 3 aromatic rings. The average Bonchev–Trinajstić information content (AvgIpc) is 2.70. The zero-order valence-electron chi connectivity index (χ0n) is 16.9. The molecule has 164 valence electrons. The van der Waals surface area contributed by atoms with E-state index in [-0.39, 0.29) is 28.6 Å². The molecular formula is C21H21ClFN3O4S. The van der Waals surface area contributed by atoms with Crippen molar-refractivity contribution in [1.82, 2.24) is 9.88 Å². The molecule has 2 aromatic carbocycles. The number of carbonyl (C=O) groups excluding carboxylic acids is 1. The Labute approximate surface area is 183 Å². The third kappa shape index (κ3) is 5.42. The number of anilines is 1. The minimum atomic E-state index is -3.35. The maximum atomic E-state index is 13.4. The second-order valence-electron chi connectivity index (χ2n) is 7.18. The molecule has 0 saturated heterocycles. The molecule has 2 N–H and O–H groups in total. The number of pyridine rings is 1. The average molecular weight is 466 g/mol. The summed E-state index contributed by atoms with van der Waals surface area (Å²) < 4.78 is 36.9. The molecule has 0 spiro atoms. The van der Waals surface area contributed by atoms with Crippen molar-refractivity contribution in [2.45, 2.75) is 13.0 Å². The highest BCUT2D eigenvalue weighted by molar-refractivity contribution is 7.90. The minimum absolute atomic E-state index is 0.0891. The lowest BCUT2D eigenvalue weighted by Crippen LogP contribution is -2.40. The van der Waals surface area contributed by atoms with E-state index in [0.29, 0.717) is 16.3 Å². The first-order valence-corrected chi connectivity index (χ1v) is 11.8. The van der Waals surface area contributed by atoms with Gasteiger partial charge in [0.25, 0.3) is 5.56 Å². The number of fused-ring (bicyclic) bond motifs is 1. The highest BCUT2D eigenvalue weighted by Gasteiger charge is 2.25. The number of hydrogen-bond donors (Lipinski definition) is 2. The SMILES string of the molecule is CC(c1c[nH]c(=O)c2ccccc12)N(CCS(C)(=O)=O)C(=O)Nc1ccc(F)c(Cl)c1. The van der Waals surface area contributed by atoms with Crippen molar-refractivity contribution in [3.8, 4) is 0 Å². The van der Waals surface area contributed by atoms with Crippen molar-refractivity contribution in [3.05, 3.63) is 75.4 Å². The Balaban J connectivity index is 1.98. The van der Waals surface area contributed by atoms with Crippen LogP contribution in [0.3, 0.4) is 0 Å². The van der Waals surface area contributed by atoms with Gasteiger partial charge in [-0.3, -0.25) is 4.79 Å². The van der Waals surface area contributed by atoms with E-state index < -0.39 is 27.7 Å². The molecule has 0 aliphatic carbocycles. The number of amides is 2. The van der Waals surface area contributed by atoms with Gasteiger partial charge in [0.2, 0.25) is 0 Å². The number of nitrogens with one attached hydrogen (secondary N) is 2. The molecule has 0 fully saturated rings. The third-order valence-electron chi connectivity index (χ3n) is 4.89. The minimum Gasteiger partial charge on any atom is -0.328 e. The first kappa shape index (κ1) is 22.8. The maximum Gasteiger partial charge on any atom is 0.322 e. The number of carbonyl (C=O) groups is 1. The van der Waals surface area contributed by atoms with Gasteiger partial charge in [-0.1, -0.05) is 29.8 Å². The number of aromatic amines is 1. The number of benzene rings is 2. The molecule has 10 heteroatoms. The standard InChI is InChI=1S/C21H21ClFN3O4S/c1-13(17-12-24-20(27)16-6-4-3-5-15(16)17)26(9-10-31(2,29)30)21(28)25-14-7-8-19(23)18(22)11-14/h3-8,11-13H,9-10H2,1-2H3,(H,24,27)(H,25,28). The van der Waals surface area contributed by atoms with Crippen LogP contribution < -0.4 is 10.9 Å². The van der Waals surface area contributed by atoms with E-state index in [1.54, 1.807) is 31.2 Å². The van der Waals surface area contributed by atoms with Gasteiger partial charge in [0, 0.05) is 30.1 Å². The van der Waals surface area contributed by atoms with Crippen molar-refractivity contribution < 1.29 is 17.6 Å². The molecule has 3 rings (SSSR count). The van der Waals surface area contributed by atoms with Gasteiger partial charge in [-0.05, 0) is 42.1 Å². The van der Waals surface area contributed by atoms with E-state index in [2.05, 4.69) is 10.3 Å². The number of H-pyrrole nitrogens is 1. The molecule has 1 unspecified atom stereocenters. The van der Waals surface area contributed by atoms with E-state index >= 15 is 0 Å². The van der Waals surface area contributed by atoms with E-state index in [4.69, 9.17) is 11.6 Å².